The van der Waals surface area contributed by atoms with E-state index in [2.05, 4.69) is 4.98 Å². The van der Waals surface area contributed by atoms with Crippen LogP contribution >= 0.6 is 11.5 Å². The summed E-state index contributed by atoms with van der Waals surface area (Å²) in [6.45, 7) is 1.79. The maximum atomic E-state index is 11.0. The van der Waals surface area contributed by atoms with Gasteiger partial charge in [0, 0.05) is 10.9 Å². The second-order valence-corrected chi connectivity index (χ2v) is 3.17. The van der Waals surface area contributed by atoms with Gasteiger partial charge in [-0.25, -0.2) is 0 Å². The van der Waals surface area contributed by atoms with Crippen molar-refractivity contribution in [1.29, 1.82) is 0 Å². The van der Waals surface area contributed by atoms with Crippen LogP contribution in [-0.4, -0.2) is 8.77 Å². The SMILES string of the molecule is Cc1c(=O)ncn2sccc12. The quantitative estimate of drug-likeness (QED) is 0.586. The predicted octanol–water partition coefficient (Wildman–Crippen LogP) is 1.06. The molecule has 0 aliphatic heterocycles. The molecule has 3 nitrogen and oxygen atoms in total. The first kappa shape index (κ1) is 6.54. The Morgan fingerprint density at radius 3 is 3.27 bits per heavy atom. The van der Waals surface area contributed by atoms with Crippen LogP contribution in [0.1, 0.15) is 5.56 Å². The van der Waals surface area contributed by atoms with Crippen molar-refractivity contribution < 1.29 is 0 Å². The Morgan fingerprint density at radius 1 is 1.64 bits per heavy atom. The van der Waals surface area contributed by atoms with Crippen molar-refractivity contribution in [2.75, 3.05) is 0 Å². The summed E-state index contributed by atoms with van der Waals surface area (Å²) in [5.74, 6) is 0. The third-order valence-corrected chi connectivity index (χ3v) is 2.40. The predicted molar refractivity (Wildman–Crippen MR) is 44.1 cm³/mol. The Hall–Kier alpha value is -1.16. The standard InChI is InChI=1S/C7H6N2OS/c1-5-6-2-3-11-9(6)4-8-7(5)10/h2-4H,1H3. The summed E-state index contributed by atoms with van der Waals surface area (Å²) >= 11 is 1.53. The van der Waals surface area contributed by atoms with Crippen LogP contribution in [0.15, 0.2) is 22.6 Å². The fraction of sp³-hybridized carbons (Fsp3) is 0.143. The van der Waals surface area contributed by atoms with E-state index < -0.39 is 0 Å². The van der Waals surface area contributed by atoms with E-state index in [-0.39, 0.29) is 5.56 Å². The lowest BCUT2D eigenvalue weighted by molar-refractivity contribution is 1.09. The minimum atomic E-state index is -0.136. The largest absolute Gasteiger partial charge is 0.276 e. The molecule has 2 aromatic rings. The van der Waals surface area contributed by atoms with E-state index in [9.17, 15) is 4.79 Å². The summed E-state index contributed by atoms with van der Waals surface area (Å²) in [6.07, 6.45) is 1.55. The van der Waals surface area contributed by atoms with Gasteiger partial charge in [-0.05, 0) is 13.0 Å². The molecule has 0 bridgehead atoms. The van der Waals surface area contributed by atoms with Crippen LogP contribution in [0.4, 0.5) is 0 Å². The van der Waals surface area contributed by atoms with Crippen molar-refractivity contribution in [3.8, 4) is 0 Å². The van der Waals surface area contributed by atoms with Crippen molar-refractivity contribution in [3.05, 3.63) is 33.7 Å². The molecule has 0 radical (unpaired) electrons. The lowest BCUT2D eigenvalue weighted by Gasteiger charge is -1.92. The summed E-state index contributed by atoms with van der Waals surface area (Å²) in [4.78, 5) is 14.7. The molecule has 56 valence electrons. The summed E-state index contributed by atoms with van der Waals surface area (Å²) in [5.41, 5.74) is 1.53. The average Bonchev–Trinajstić information content (AvgIpc) is 2.45. The normalized spacial score (nSPS) is 10.6. The van der Waals surface area contributed by atoms with E-state index in [1.807, 2.05) is 15.2 Å². The molecule has 0 aliphatic rings. The first-order chi connectivity index (χ1) is 5.29. The highest BCUT2D eigenvalue weighted by Gasteiger charge is 2.00. The first-order valence-electron chi connectivity index (χ1n) is 3.21. The van der Waals surface area contributed by atoms with Gasteiger partial charge in [0.25, 0.3) is 5.56 Å². The van der Waals surface area contributed by atoms with Crippen LogP contribution in [0, 0.1) is 6.92 Å². The van der Waals surface area contributed by atoms with Crippen molar-refractivity contribution in [2.45, 2.75) is 6.92 Å². The fourth-order valence-electron chi connectivity index (χ4n) is 0.982. The number of hydrogen-bond donors (Lipinski definition) is 0. The van der Waals surface area contributed by atoms with Gasteiger partial charge in [0.2, 0.25) is 0 Å². The molecule has 0 fully saturated rings. The number of rotatable bonds is 0. The number of aromatic nitrogens is 2. The van der Waals surface area contributed by atoms with E-state index in [0.29, 0.717) is 5.56 Å². The first-order valence-corrected chi connectivity index (χ1v) is 4.04. The summed E-state index contributed by atoms with van der Waals surface area (Å²) in [6, 6.07) is 1.92. The van der Waals surface area contributed by atoms with Crippen molar-refractivity contribution >= 4 is 17.0 Å². The maximum Gasteiger partial charge on any atom is 0.276 e. The van der Waals surface area contributed by atoms with Crippen LogP contribution in [0.3, 0.4) is 0 Å². The molecule has 0 amide bonds. The van der Waals surface area contributed by atoms with Gasteiger partial charge in [0.1, 0.15) is 6.33 Å². The molecule has 2 aromatic heterocycles. The Morgan fingerprint density at radius 2 is 2.45 bits per heavy atom. The average molecular weight is 166 g/mol. The number of hydrogen-bond acceptors (Lipinski definition) is 3. The molecule has 0 unspecified atom stereocenters. The van der Waals surface area contributed by atoms with Gasteiger partial charge in [-0.3, -0.25) is 8.58 Å². The smallest absolute Gasteiger partial charge is 0.267 e. The minimum absolute atomic E-state index is 0.136. The zero-order valence-corrected chi connectivity index (χ0v) is 6.76. The van der Waals surface area contributed by atoms with Crippen LogP contribution in [0.5, 0.6) is 0 Å². The molecule has 0 atom stereocenters. The van der Waals surface area contributed by atoms with E-state index in [0.717, 1.165) is 5.52 Å². The Kier molecular flexibility index (Phi) is 1.29. The van der Waals surface area contributed by atoms with Crippen LogP contribution in [-0.2, 0) is 0 Å². The number of aryl methyl sites for hydroxylation is 1. The summed E-state index contributed by atoms with van der Waals surface area (Å²) in [7, 11) is 0. The third-order valence-electron chi connectivity index (χ3n) is 1.62. The molecule has 2 rings (SSSR count). The van der Waals surface area contributed by atoms with Gasteiger partial charge in [-0.2, -0.15) is 4.98 Å². The van der Waals surface area contributed by atoms with Crippen LogP contribution in [0.2, 0.25) is 0 Å². The summed E-state index contributed by atoms with van der Waals surface area (Å²) < 4.78 is 1.87. The maximum absolute atomic E-state index is 11.0. The highest BCUT2D eigenvalue weighted by atomic mass is 32.1. The van der Waals surface area contributed by atoms with Crippen molar-refractivity contribution in [2.24, 2.45) is 0 Å². The molecule has 0 aromatic carbocycles. The van der Waals surface area contributed by atoms with Crippen LogP contribution in [0.25, 0.3) is 5.52 Å². The van der Waals surface area contributed by atoms with Crippen molar-refractivity contribution in [3.63, 3.8) is 0 Å². The van der Waals surface area contributed by atoms with Gasteiger partial charge >= 0.3 is 0 Å². The zero-order valence-electron chi connectivity index (χ0n) is 5.94. The summed E-state index contributed by atoms with van der Waals surface area (Å²) in [5, 5.41) is 1.93. The van der Waals surface area contributed by atoms with Crippen molar-refractivity contribution in [1.82, 2.24) is 8.77 Å². The van der Waals surface area contributed by atoms with E-state index >= 15 is 0 Å². The van der Waals surface area contributed by atoms with Crippen LogP contribution < -0.4 is 5.56 Å². The molecule has 0 saturated heterocycles. The fourth-order valence-corrected chi connectivity index (χ4v) is 1.72. The molecule has 0 aliphatic carbocycles. The van der Waals surface area contributed by atoms with E-state index in [1.165, 1.54) is 11.5 Å². The van der Waals surface area contributed by atoms with Gasteiger partial charge in [-0.1, -0.05) is 11.5 Å². The molecule has 2 heterocycles. The lowest BCUT2D eigenvalue weighted by atomic mass is 10.3. The second-order valence-electron chi connectivity index (χ2n) is 2.29. The third kappa shape index (κ3) is 0.867. The number of fused-ring (bicyclic) bond motifs is 1. The molecular weight excluding hydrogens is 160 g/mol. The minimum Gasteiger partial charge on any atom is -0.267 e. The lowest BCUT2D eigenvalue weighted by Crippen LogP contribution is -2.10. The highest BCUT2D eigenvalue weighted by molar-refractivity contribution is 7.04. The van der Waals surface area contributed by atoms with E-state index in [4.69, 9.17) is 0 Å². The second kappa shape index (κ2) is 2.17. The molecular formula is C7H6N2OS. The highest BCUT2D eigenvalue weighted by Crippen LogP contribution is 2.08. The van der Waals surface area contributed by atoms with E-state index in [1.54, 1.807) is 13.3 Å². The van der Waals surface area contributed by atoms with Gasteiger partial charge in [0.15, 0.2) is 0 Å². The zero-order chi connectivity index (χ0) is 7.84. The van der Waals surface area contributed by atoms with Gasteiger partial charge in [0.05, 0.1) is 5.52 Å². The molecule has 0 spiro atoms. The Labute approximate surface area is 67.1 Å². The topological polar surface area (TPSA) is 34.4 Å². The number of nitrogens with zero attached hydrogens (tertiary/aromatic N) is 2. The van der Waals surface area contributed by atoms with Gasteiger partial charge < -0.3 is 0 Å². The Balaban J connectivity index is 3.04. The Bertz CT molecular complexity index is 443. The molecule has 0 N–H and O–H groups in total. The molecule has 11 heavy (non-hydrogen) atoms. The molecule has 4 heteroatoms. The monoisotopic (exact) mass is 166 g/mol. The van der Waals surface area contributed by atoms with Gasteiger partial charge in [-0.15, -0.1) is 0 Å². The molecule has 0 saturated carbocycles.